The first-order chi connectivity index (χ1) is 9.93. The van der Waals surface area contributed by atoms with Crippen molar-refractivity contribution in [3.8, 4) is 5.75 Å². The Balaban J connectivity index is 2.43. The number of benzene rings is 2. The van der Waals surface area contributed by atoms with Gasteiger partial charge in [0, 0.05) is 16.1 Å². The van der Waals surface area contributed by atoms with E-state index >= 15 is 0 Å². The lowest BCUT2D eigenvalue weighted by Crippen LogP contribution is -2.14. The molecule has 0 saturated carbocycles. The second-order valence-electron chi connectivity index (χ2n) is 4.72. The van der Waals surface area contributed by atoms with Gasteiger partial charge in [0.15, 0.2) is 0 Å². The van der Waals surface area contributed by atoms with E-state index in [0.717, 1.165) is 16.7 Å². The molecule has 0 bridgehead atoms. The molecule has 0 aliphatic heterocycles. The average molecular weight is 345 g/mol. The van der Waals surface area contributed by atoms with E-state index in [0.29, 0.717) is 27.4 Å². The van der Waals surface area contributed by atoms with Gasteiger partial charge in [0.1, 0.15) is 5.75 Å². The van der Waals surface area contributed by atoms with Crippen LogP contribution < -0.4 is 10.5 Å². The number of ether oxygens (including phenoxy) is 1. The molecule has 0 radical (unpaired) electrons. The summed E-state index contributed by atoms with van der Waals surface area (Å²) in [6.07, 6.45) is 0. The highest BCUT2D eigenvalue weighted by Gasteiger charge is 2.17. The first kappa shape index (κ1) is 16.4. The summed E-state index contributed by atoms with van der Waals surface area (Å²) < 4.78 is 5.42. The third kappa shape index (κ3) is 3.64. The smallest absolute Gasteiger partial charge is 0.139 e. The fraction of sp³-hybridized carbons (Fsp3) is 0.250. The SMILES string of the molecule is CCOc1cc(Cl)c(C(N)c2ccc(Cl)cc2C)cc1Cl. The molecule has 0 aliphatic rings. The predicted octanol–water partition coefficient (Wildman–Crippen LogP) is 5.40. The topological polar surface area (TPSA) is 35.2 Å². The third-order valence-corrected chi connectivity index (χ3v) is 4.11. The fourth-order valence-electron chi connectivity index (χ4n) is 2.20. The van der Waals surface area contributed by atoms with Crippen LogP contribution in [0.15, 0.2) is 30.3 Å². The third-order valence-electron chi connectivity index (χ3n) is 3.25. The zero-order chi connectivity index (χ0) is 15.6. The van der Waals surface area contributed by atoms with Crippen LogP contribution in [0.2, 0.25) is 15.1 Å². The van der Waals surface area contributed by atoms with Gasteiger partial charge in [-0.3, -0.25) is 0 Å². The second-order valence-corrected chi connectivity index (χ2v) is 5.97. The van der Waals surface area contributed by atoms with Crippen molar-refractivity contribution >= 4 is 34.8 Å². The van der Waals surface area contributed by atoms with Gasteiger partial charge < -0.3 is 10.5 Å². The van der Waals surface area contributed by atoms with Gasteiger partial charge in [0.2, 0.25) is 0 Å². The van der Waals surface area contributed by atoms with Crippen LogP contribution in [0.4, 0.5) is 0 Å². The van der Waals surface area contributed by atoms with Gasteiger partial charge in [-0.05, 0) is 48.7 Å². The number of hydrogen-bond donors (Lipinski definition) is 1. The molecule has 0 amide bonds. The normalized spacial score (nSPS) is 12.3. The highest BCUT2D eigenvalue weighted by molar-refractivity contribution is 6.34. The maximum atomic E-state index is 6.33. The maximum Gasteiger partial charge on any atom is 0.139 e. The molecular formula is C16H16Cl3NO. The molecule has 1 unspecified atom stereocenters. The summed E-state index contributed by atoms with van der Waals surface area (Å²) in [5.74, 6) is 0.563. The number of halogens is 3. The molecule has 0 fully saturated rings. The molecule has 2 aromatic carbocycles. The molecular weight excluding hydrogens is 329 g/mol. The van der Waals surface area contributed by atoms with Crippen LogP contribution in [0.3, 0.4) is 0 Å². The van der Waals surface area contributed by atoms with Gasteiger partial charge in [-0.2, -0.15) is 0 Å². The lowest BCUT2D eigenvalue weighted by atomic mass is 9.95. The molecule has 0 saturated heterocycles. The highest BCUT2D eigenvalue weighted by atomic mass is 35.5. The number of nitrogens with two attached hydrogens (primary N) is 1. The van der Waals surface area contributed by atoms with Gasteiger partial charge in [-0.15, -0.1) is 0 Å². The van der Waals surface area contributed by atoms with Gasteiger partial charge in [-0.1, -0.05) is 40.9 Å². The molecule has 112 valence electrons. The summed E-state index contributed by atoms with van der Waals surface area (Å²) in [5, 5.41) is 1.71. The van der Waals surface area contributed by atoms with Crippen LogP contribution in [0.5, 0.6) is 5.75 Å². The van der Waals surface area contributed by atoms with Crippen molar-refractivity contribution < 1.29 is 4.74 Å². The molecule has 5 heteroatoms. The van der Waals surface area contributed by atoms with E-state index in [9.17, 15) is 0 Å². The molecule has 0 heterocycles. The minimum Gasteiger partial charge on any atom is -0.492 e. The Kier molecular flexibility index (Phi) is 5.39. The van der Waals surface area contributed by atoms with E-state index < -0.39 is 0 Å². The van der Waals surface area contributed by atoms with Gasteiger partial charge in [-0.25, -0.2) is 0 Å². The van der Waals surface area contributed by atoms with Crippen LogP contribution in [-0.4, -0.2) is 6.61 Å². The van der Waals surface area contributed by atoms with Crippen molar-refractivity contribution in [3.05, 3.63) is 62.1 Å². The van der Waals surface area contributed by atoms with Gasteiger partial charge in [0.05, 0.1) is 17.7 Å². The van der Waals surface area contributed by atoms with E-state index in [1.54, 1.807) is 12.1 Å². The van der Waals surface area contributed by atoms with E-state index in [4.69, 9.17) is 45.3 Å². The summed E-state index contributed by atoms with van der Waals surface area (Å²) in [6, 6.07) is 8.68. The van der Waals surface area contributed by atoms with Crippen LogP contribution in [0.1, 0.15) is 29.7 Å². The molecule has 1 atom stereocenters. The standard InChI is InChI=1S/C16H16Cl3NO/c1-3-21-15-8-13(18)12(7-14(15)19)16(20)11-5-4-10(17)6-9(11)2/h4-8,16H,3,20H2,1-2H3. The zero-order valence-electron chi connectivity index (χ0n) is 11.8. The van der Waals surface area contributed by atoms with Crippen LogP contribution in [-0.2, 0) is 0 Å². The molecule has 2 rings (SSSR count). The zero-order valence-corrected chi connectivity index (χ0v) is 14.1. The Bertz CT molecular complexity index is 658. The lowest BCUT2D eigenvalue weighted by molar-refractivity contribution is 0.340. The fourth-order valence-corrected chi connectivity index (χ4v) is 2.93. The van der Waals surface area contributed by atoms with E-state index in [1.165, 1.54) is 0 Å². The maximum absolute atomic E-state index is 6.33. The van der Waals surface area contributed by atoms with Crippen molar-refractivity contribution in [2.24, 2.45) is 5.73 Å². The predicted molar refractivity (Wildman–Crippen MR) is 89.9 cm³/mol. The van der Waals surface area contributed by atoms with Crippen molar-refractivity contribution in [1.29, 1.82) is 0 Å². The molecule has 2 N–H and O–H groups in total. The minimum absolute atomic E-state index is 0.372. The summed E-state index contributed by atoms with van der Waals surface area (Å²) in [5.41, 5.74) is 9.06. The Morgan fingerprint density at radius 2 is 1.76 bits per heavy atom. The Morgan fingerprint density at radius 1 is 1.05 bits per heavy atom. The van der Waals surface area contributed by atoms with E-state index in [2.05, 4.69) is 0 Å². The van der Waals surface area contributed by atoms with Crippen LogP contribution >= 0.6 is 34.8 Å². The summed E-state index contributed by atoms with van der Waals surface area (Å²) >= 11 is 18.5. The quantitative estimate of drug-likeness (QED) is 0.805. The highest BCUT2D eigenvalue weighted by Crippen LogP contribution is 2.36. The van der Waals surface area contributed by atoms with E-state index in [1.807, 2.05) is 32.0 Å². The molecule has 21 heavy (non-hydrogen) atoms. The molecule has 0 spiro atoms. The van der Waals surface area contributed by atoms with Gasteiger partial charge >= 0.3 is 0 Å². The monoisotopic (exact) mass is 343 g/mol. The van der Waals surface area contributed by atoms with Crippen molar-refractivity contribution in [3.63, 3.8) is 0 Å². The molecule has 2 aromatic rings. The van der Waals surface area contributed by atoms with E-state index in [-0.39, 0.29) is 6.04 Å². The Labute approximate surface area is 139 Å². The number of aryl methyl sites for hydroxylation is 1. The molecule has 0 aliphatic carbocycles. The minimum atomic E-state index is -0.372. The second kappa shape index (κ2) is 6.89. The van der Waals surface area contributed by atoms with Crippen molar-refractivity contribution in [2.45, 2.75) is 19.9 Å². The molecule has 0 aromatic heterocycles. The molecule has 2 nitrogen and oxygen atoms in total. The Hall–Kier alpha value is -0.930. The van der Waals surface area contributed by atoms with Crippen molar-refractivity contribution in [2.75, 3.05) is 6.61 Å². The van der Waals surface area contributed by atoms with Crippen LogP contribution in [0.25, 0.3) is 0 Å². The number of hydrogen-bond acceptors (Lipinski definition) is 2. The summed E-state index contributed by atoms with van der Waals surface area (Å²) in [4.78, 5) is 0. The first-order valence-corrected chi connectivity index (χ1v) is 7.70. The largest absolute Gasteiger partial charge is 0.492 e. The summed E-state index contributed by atoms with van der Waals surface area (Å²) in [7, 11) is 0. The summed E-state index contributed by atoms with van der Waals surface area (Å²) in [6.45, 7) is 4.38. The first-order valence-electron chi connectivity index (χ1n) is 6.57. The number of rotatable bonds is 4. The Morgan fingerprint density at radius 3 is 2.38 bits per heavy atom. The van der Waals surface area contributed by atoms with Crippen LogP contribution in [0, 0.1) is 6.92 Å². The average Bonchev–Trinajstić information content (AvgIpc) is 2.42. The lowest BCUT2D eigenvalue weighted by Gasteiger charge is -2.18. The van der Waals surface area contributed by atoms with Gasteiger partial charge in [0.25, 0.3) is 0 Å². The van der Waals surface area contributed by atoms with Crippen molar-refractivity contribution in [1.82, 2.24) is 0 Å².